The third-order valence-corrected chi connectivity index (χ3v) is 0.264. The zero-order valence-corrected chi connectivity index (χ0v) is 11.2. The van der Waals surface area contributed by atoms with Gasteiger partial charge in [0.1, 0.15) is 0 Å². The van der Waals surface area contributed by atoms with Gasteiger partial charge in [-0.05, 0) is 6.92 Å². The summed E-state index contributed by atoms with van der Waals surface area (Å²) < 4.78 is 0. The molecule has 14 heavy (non-hydrogen) atoms. The predicted octanol–water partition coefficient (Wildman–Crippen LogP) is -8.93. The minimum absolute atomic E-state index is 0. The molecule has 0 radical (unpaired) electrons. The summed E-state index contributed by atoms with van der Waals surface area (Å²) in [5, 5.41) is 16.0. The van der Waals surface area contributed by atoms with E-state index in [9.17, 15) is 0 Å². The third kappa shape index (κ3) is 180. The molecule has 0 saturated heterocycles. The molecule has 0 bridgehead atoms. The Kier molecular flexibility index (Phi) is 701. The van der Waals surface area contributed by atoms with Gasteiger partial charge in [0.15, 0.2) is 0 Å². The molecule has 1 unspecified atom stereocenters. The van der Waals surface area contributed by atoms with Crippen LogP contribution in [0, 0.1) is 0 Å². The van der Waals surface area contributed by atoms with Crippen LogP contribution in [0.2, 0.25) is 0 Å². The van der Waals surface area contributed by atoms with Gasteiger partial charge in [0, 0.05) is 0 Å². The first kappa shape index (κ1) is 110. The molecule has 0 aromatic heterocycles. The van der Waals surface area contributed by atoms with Crippen molar-refractivity contribution in [2.45, 2.75) is 13.0 Å². The van der Waals surface area contributed by atoms with Gasteiger partial charge in [-0.15, -0.1) is 0 Å². The molecule has 0 saturated carbocycles. The van der Waals surface area contributed by atoms with Crippen molar-refractivity contribution in [2.75, 3.05) is 6.61 Å². The Morgan fingerprint density at radius 2 is 1.00 bits per heavy atom. The van der Waals surface area contributed by atoms with Crippen molar-refractivity contribution >= 4 is 34.7 Å². The van der Waals surface area contributed by atoms with Crippen LogP contribution in [-0.2, 0) is 0 Å². The molecule has 8 N–H and O–H groups in total. The number of aliphatic hydroxyl groups is 2. The average Bonchev–Trinajstić information content (AvgIpc) is 1.38. The maximum atomic E-state index is 8.11. The van der Waals surface area contributed by atoms with E-state index in [1.54, 1.807) is 0 Å². The van der Waals surface area contributed by atoms with Crippen LogP contribution in [0.1, 0.15) is 6.92 Å². The van der Waals surface area contributed by atoms with E-state index in [1.807, 2.05) is 0 Å². The predicted molar refractivity (Wildman–Crippen MR) is 41.6 cm³/mol. The van der Waals surface area contributed by atoms with Crippen LogP contribution in [0.5, 0.6) is 0 Å². The fourth-order valence-electron chi connectivity index (χ4n) is 0. The molecule has 0 spiro atoms. The second-order valence-electron chi connectivity index (χ2n) is 1.03. The van der Waals surface area contributed by atoms with E-state index in [0.29, 0.717) is 0 Å². The van der Waals surface area contributed by atoms with Gasteiger partial charge in [-0.25, -0.2) is 0 Å². The second-order valence-corrected chi connectivity index (χ2v) is 1.03. The van der Waals surface area contributed by atoms with Gasteiger partial charge in [0.05, 0.1) is 12.7 Å². The maximum Gasteiger partial charge on any atom is 3.00 e. The monoisotopic (exact) mass is 286 g/mol. The number of halogens is 2. The fourth-order valence-corrected chi connectivity index (χ4v) is 0. The minimum Gasteiger partial charge on any atom is -1.00 e. The van der Waals surface area contributed by atoms with Crippen LogP contribution >= 0.6 is 0 Å². The molecule has 0 aliphatic carbocycles. The minimum atomic E-state index is -0.560. The van der Waals surface area contributed by atoms with E-state index in [2.05, 4.69) is 0 Å². The SMILES string of the molecule is CC(O)CO.O.[Al+3].[Al+3].[Cl-].[Cl-].[OH-].[OH-].[OH-].[OH-]. The first-order valence-corrected chi connectivity index (χ1v) is 1.56. The van der Waals surface area contributed by atoms with Crippen molar-refractivity contribution in [1.29, 1.82) is 0 Å². The van der Waals surface area contributed by atoms with Crippen molar-refractivity contribution in [2.24, 2.45) is 0 Å². The molecule has 0 aromatic carbocycles. The summed E-state index contributed by atoms with van der Waals surface area (Å²) in [6.07, 6.45) is -0.560. The summed E-state index contributed by atoms with van der Waals surface area (Å²) in [6.45, 7) is 1.39. The van der Waals surface area contributed by atoms with Gasteiger partial charge in [-0.2, -0.15) is 0 Å². The van der Waals surface area contributed by atoms with E-state index in [-0.39, 0.29) is 93.5 Å². The summed E-state index contributed by atoms with van der Waals surface area (Å²) in [4.78, 5) is 0. The Morgan fingerprint density at radius 3 is 1.00 bits per heavy atom. The van der Waals surface area contributed by atoms with Gasteiger partial charge in [-0.1, -0.05) is 0 Å². The standard InChI is InChI=1S/C3H8O2.2Al.2ClH.5H2O/c1-3(5)2-4;;;;;;;;;/h3-5H,2H2,1H3;;;2*1H;5*1H2/q;2*+3;;;;;;;/p-6. The average molecular weight is 287 g/mol. The van der Waals surface area contributed by atoms with Gasteiger partial charge in [0.2, 0.25) is 0 Å². The quantitative estimate of drug-likeness (QED) is 0.449. The first-order chi connectivity index (χ1) is 2.27. The molecule has 0 amide bonds. The number of hydrogen-bond acceptors (Lipinski definition) is 6. The van der Waals surface area contributed by atoms with Gasteiger partial charge in [0.25, 0.3) is 0 Å². The molecule has 0 fully saturated rings. The Labute approximate surface area is 117 Å². The van der Waals surface area contributed by atoms with Crippen LogP contribution in [0.15, 0.2) is 0 Å². The van der Waals surface area contributed by atoms with Crippen molar-refractivity contribution in [3.8, 4) is 0 Å². The summed E-state index contributed by atoms with van der Waals surface area (Å²) in [5.74, 6) is 0. The molecule has 11 heteroatoms. The number of hydrogen-bond donors (Lipinski definition) is 2. The van der Waals surface area contributed by atoms with E-state index >= 15 is 0 Å². The third-order valence-electron chi connectivity index (χ3n) is 0.264. The van der Waals surface area contributed by atoms with Crippen molar-refractivity contribution in [3.63, 3.8) is 0 Å². The number of aliphatic hydroxyl groups excluding tert-OH is 2. The van der Waals surface area contributed by atoms with Crippen molar-refractivity contribution in [1.82, 2.24) is 0 Å². The zero-order chi connectivity index (χ0) is 4.28. The molecule has 0 aliphatic heterocycles. The molecule has 7 nitrogen and oxygen atoms in total. The Morgan fingerprint density at radius 1 is 0.929 bits per heavy atom. The van der Waals surface area contributed by atoms with Crippen LogP contribution in [0.3, 0.4) is 0 Å². The van der Waals surface area contributed by atoms with Crippen LogP contribution in [-0.4, -0.2) is 85.0 Å². The zero-order valence-electron chi connectivity index (χ0n) is 7.38. The van der Waals surface area contributed by atoms with Gasteiger partial charge >= 0.3 is 34.7 Å². The summed E-state index contributed by atoms with van der Waals surface area (Å²) in [7, 11) is 0. The van der Waals surface area contributed by atoms with Crippen LogP contribution < -0.4 is 24.8 Å². The largest absolute Gasteiger partial charge is 3.00 e. The number of rotatable bonds is 1. The smallest absolute Gasteiger partial charge is 1.00 e. The summed E-state index contributed by atoms with van der Waals surface area (Å²) >= 11 is 0. The van der Waals surface area contributed by atoms with Crippen molar-refractivity contribution in [3.05, 3.63) is 0 Å². The molecule has 0 aliphatic rings. The molecule has 0 aromatic rings. The normalized spacial score (nSPS) is 5.36. The van der Waals surface area contributed by atoms with Crippen molar-refractivity contribution < 1.29 is 62.4 Å². The van der Waals surface area contributed by atoms with E-state index in [1.165, 1.54) is 6.92 Å². The molecular weight excluding hydrogens is 273 g/mol. The summed E-state index contributed by atoms with van der Waals surface area (Å²) in [5.41, 5.74) is 0. The maximum absolute atomic E-state index is 8.11. The molecular formula is C3H14Al2Cl2O7. The fraction of sp³-hybridized carbons (Fsp3) is 1.00. The van der Waals surface area contributed by atoms with Gasteiger partial charge in [-0.3, -0.25) is 0 Å². The Hall–Kier alpha value is 1.36. The van der Waals surface area contributed by atoms with E-state index in [0.717, 1.165) is 0 Å². The molecule has 0 heterocycles. The topological polar surface area (TPSA) is 192 Å². The molecule has 88 valence electrons. The first-order valence-electron chi connectivity index (χ1n) is 1.56. The van der Waals surface area contributed by atoms with Gasteiger partial charge < -0.3 is 62.4 Å². The Balaban J connectivity index is -0.00000000222. The Bertz CT molecular complexity index is 38.9. The summed E-state index contributed by atoms with van der Waals surface area (Å²) in [6, 6.07) is 0. The molecule has 1 atom stereocenters. The van der Waals surface area contributed by atoms with Crippen LogP contribution in [0.4, 0.5) is 0 Å². The second kappa shape index (κ2) is 89.1. The van der Waals surface area contributed by atoms with E-state index in [4.69, 9.17) is 10.2 Å². The van der Waals surface area contributed by atoms with E-state index < -0.39 is 6.10 Å². The van der Waals surface area contributed by atoms with Crippen LogP contribution in [0.25, 0.3) is 0 Å². The molecule has 0 rings (SSSR count).